The number of aromatic nitrogens is 1. The highest BCUT2D eigenvalue weighted by atomic mass is 16.5. The van der Waals surface area contributed by atoms with Gasteiger partial charge in [0, 0.05) is 23.1 Å². The predicted molar refractivity (Wildman–Crippen MR) is 71.6 cm³/mol. The Balaban J connectivity index is 2.56. The second-order valence-corrected chi connectivity index (χ2v) is 4.39. The predicted octanol–water partition coefficient (Wildman–Crippen LogP) is 2.62. The molecular weight excluding hydrogens is 212 g/mol. The van der Waals surface area contributed by atoms with Crippen LogP contribution in [0.25, 0.3) is 10.9 Å². The minimum absolute atomic E-state index is 0.730. The van der Waals surface area contributed by atoms with Gasteiger partial charge in [-0.3, -0.25) is 0 Å². The van der Waals surface area contributed by atoms with Crippen molar-refractivity contribution in [3.05, 3.63) is 29.5 Å². The van der Waals surface area contributed by atoms with Gasteiger partial charge in [-0.1, -0.05) is 0 Å². The minimum Gasteiger partial charge on any atom is -0.497 e. The summed E-state index contributed by atoms with van der Waals surface area (Å²) in [6, 6.07) is 6.25. The summed E-state index contributed by atoms with van der Waals surface area (Å²) >= 11 is 0. The first kappa shape index (κ1) is 12.0. The van der Waals surface area contributed by atoms with E-state index in [9.17, 15) is 0 Å². The molecule has 0 fully saturated rings. The van der Waals surface area contributed by atoms with Crippen LogP contribution in [-0.2, 0) is 6.54 Å². The number of nitrogens with two attached hydrogens (primary N) is 1. The molecule has 0 amide bonds. The summed E-state index contributed by atoms with van der Waals surface area (Å²) < 4.78 is 7.62. The molecule has 0 aliphatic rings. The topological polar surface area (TPSA) is 40.2 Å². The SMILES string of the molecule is COc1ccc2c(c1)c(C)c(C)n2CCCN. The van der Waals surface area contributed by atoms with Crippen molar-refractivity contribution >= 4 is 10.9 Å². The fourth-order valence-corrected chi connectivity index (χ4v) is 2.29. The van der Waals surface area contributed by atoms with Crippen molar-refractivity contribution in [3.63, 3.8) is 0 Å². The molecule has 92 valence electrons. The molecule has 0 aliphatic carbocycles. The van der Waals surface area contributed by atoms with E-state index >= 15 is 0 Å². The largest absolute Gasteiger partial charge is 0.497 e. The lowest BCUT2D eigenvalue weighted by molar-refractivity contribution is 0.415. The van der Waals surface area contributed by atoms with Crippen LogP contribution in [0.3, 0.4) is 0 Å². The van der Waals surface area contributed by atoms with Gasteiger partial charge in [0.25, 0.3) is 0 Å². The first-order chi connectivity index (χ1) is 8.19. The van der Waals surface area contributed by atoms with Crippen LogP contribution in [0.1, 0.15) is 17.7 Å². The average Bonchev–Trinajstić information content (AvgIpc) is 2.60. The fourth-order valence-electron chi connectivity index (χ4n) is 2.29. The van der Waals surface area contributed by atoms with Crippen molar-refractivity contribution in [1.82, 2.24) is 4.57 Å². The maximum absolute atomic E-state index is 5.59. The van der Waals surface area contributed by atoms with E-state index in [1.54, 1.807) is 7.11 Å². The van der Waals surface area contributed by atoms with Gasteiger partial charge in [0.15, 0.2) is 0 Å². The van der Waals surface area contributed by atoms with Crippen molar-refractivity contribution < 1.29 is 4.74 Å². The van der Waals surface area contributed by atoms with Gasteiger partial charge in [-0.25, -0.2) is 0 Å². The molecule has 0 atom stereocenters. The fraction of sp³-hybridized carbons (Fsp3) is 0.429. The maximum atomic E-state index is 5.59. The first-order valence-corrected chi connectivity index (χ1v) is 6.02. The van der Waals surface area contributed by atoms with E-state index in [0.717, 1.165) is 25.3 Å². The Labute approximate surface area is 102 Å². The Morgan fingerprint density at radius 3 is 2.71 bits per heavy atom. The highest BCUT2D eigenvalue weighted by Gasteiger charge is 2.10. The molecule has 3 nitrogen and oxygen atoms in total. The Bertz CT molecular complexity index is 528. The molecule has 0 spiro atoms. The summed E-state index contributed by atoms with van der Waals surface area (Å²) in [5.74, 6) is 0.913. The maximum Gasteiger partial charge on any atom is 0.119 e. The standard InChI is InChI=1S/C14H20N2O/c1-10-11(2)16(8-4-7-15)14-6-5-12(17-3)9-13(10)14/h5-6,9H,4,7-8,15H2,1-3H3. The molecule has 3 heteroatoms. The Morgan fingerprint density at radius 2 is 2.06 bits per heavy atom. The summed E-state index contributed by atoms with van der Waals surface area (Å²) in [6.07, 6.45) is 1.01. The highest BCUT2D eigenvalue weighted by molar-refractivity contribution is 5.86. The van der Waals surface area contributed by atoms with Gasteiger partial charge >= 0.3 is 0 Å². The van der Waals surface area contributed by atoms with E-state index in [-0.39, 0.29) is 0 Å². The zero-order valence-electron chi connectivity index (χ0n) is 10.8. The number of aryl methyl sites for hydroxylation is 2. The van der Waals surface area contributed by atoms with E-state index in [0.29, 0.717) is 0 Å². The van der Waals surface area contributed by atoms with Crippen LogP contribution in [0.15, 0.2) is 18.2 Å². The number of nitrogens with zero attached hydrogens (tertiary/aromatic N) is 1. The molecule has 0 aliphatic heterocycles. The number of methoxy groups -OCH3 is 1. The van der Waals surface area contributed by atoms with Gasteiger partial charge in [0.1, 0.15) is 5.75 Å². The molecule has 1 heterocycles. The quantitative estimate of drug-likeness (QED) is 0.880. The molecule has 2 rings (SSSR count). The average molecular weight is 232 g/mol. The lowest BCUT2D eigenvalue weighted by Crippen LogP contribution is -2.06. The normalized spacial score (nSPS) is 11.1. The first-order valence-electron chi connectivity index (χ1n) is 6.02. The highest BCUT2D eigenvalue weighted by Crippen LogP contribution is 2.28. The molecule has 0 unspecified atom stereocenters. The molecule has 1 aromatic heterocycles. The van der Waals surface area contributed by atoms with Crippen molar-refractivity contribution in [1.29, 1.82) is 0 Å². The van der Waals surface area contributed by atoms with Crippen LogP contribution in [0, 0.1) is 13.8 Å². The number of fused-ring (bicyclic) bond motifs is 1. The van der Waals surface area contributed by atoms with Crippen LogP contribution >= 0.6 is 0 Å². The smallest absolute Gasteiger partial charge is 0.119 e. The summed E-state index contributed by atoms with van der Waals surface area (Å²) in [6.45, 7) is 6.04. The number of hydrogen-bond acceptors (Lipinski definition) is 2. The van der Waals surface area contributed by atoms with Gasteiger partial charge in [-0.2, -0.15) is 0 Å². The third kappa shape index (κ3) is 2.03. The van der Waals surface area contributed by atoms with Crippen LogP contribution in [0.2, 0.25) is 0 Å². The molecule has 0 saturated carbocycles. The lowest BCUT2D eigenvalue weighted by Gasteiger charge is -2.07. The van der Waals surface area contributed by atoms with Gasteiger partial charge < -0.3 is 15.0 Å². The number of benzene rings is 1. The Kier molecular flexibility index (Phi) is 3.38. The van der Waals surface area contributed by atoms with Crippen LogP contribution in [0.5, 0.6) is 5.75 Å². The summed E-state index contributed by atoms with van der Waals surface area (Å²) in [4.78, 5) is 0. The van der Waals surface area contributed by atoms with E-state index in [1.165, 1.54) is 22.2 Å². The molecule has 0 radical (unpaired) electrons. The lowest BCUT2D eigenvalue weighted by atomic mass is 10.1. The Hall–Kier alpha value is -1.48. The summed E-state index contributed by atoms with van der Waals surface area (Å²) in [7, 11) is 1.70. The minimum atomic E-state index is 0.730. The molecule has 1 aromatic carbocycles. The van der Waals surface area contributed by atoms with E-state index in [2.05, 4.69) is 30.5 Å². The summed E-state index contributed by atoms with van der Waals surface area (Å²) in [5, 5.41) is 1.28. The number of ether oxygens (including phenoxy) is 1. The monoisotopic (exact) mass is 232 g/mol. The van der Waals surface area contributed by atoms with Crippen LogP contribution in [-0.4, -0.2) is 18.2 Å². The van der Waals surface area contributed by atoms with Crippen LogP contribution < -0.4 is 10.5 Å². The zero-order valence-corrected chi connectivity index (χ0v) is 10.8. The van der Waals surface area contributed by atoms with Gasteiger partial charge in [0.2, 0.25) is 0 Å². The third-order valence-corrected chi connectivity index (χ3v) is 3.43. The number of rotatable bonds is 4. The zero-order chi connectivity index (χ0) is 12.4. The molecule has 17 heavy (non-hydrogen) atoms. The van der Waals surface area contributed by atoms with Crippen molar-refractivity contribution in [2.45, 2.75) is 26.8 Å². The second-order valence-electron chi connectivity index (χ2n) is 4.39. The molecular formula is C14H20N2O. The van der Waals surface area contributed by atoms with Crippen molar-refractivity contribution in [2.24, 2.45) is 5.73 Å². The second kappa shape index (κ2) is 4.80. The van der Waals surface area contributed by atoms with Gasteiger partial charge in [-0.15, -0.1) is 0 Å². The van der Waals surface area contributed by atoms with E-state index < -0.39 is 0 Å². The van der Waals surface area contributed by atoms with Gasteiger partial charge in [-0.05, 0) is 50.6 Å². The van der Waals surface area contributed by atoms with Crippen molar-refractivity contribution in [3.8, 4) is 5.75 Å². The third-order valence-electron chi connectivity index (χ3n) is 3.43. The molecule has 2 N–H and O–H groups in total. The summed E-state index contributed by atoms with van der Waals surface area (Å²) in [5.41, 5.74) is 9.51. The Morgan fingerprint density at radius 1 is 1.29 bits per heavy atom. The van der Waals surface area contributed by atoms with Crippen LogP contribution in [0.4, 0.5) is 0 Å². The number of hydrogen-bond donors (Lipinski definition) is 1. The van der Waals surface area contributed by atoms with Crippen molar-refractivity contribution in [2.75, 3.05) is 13.7 Å². The van der Waals surface area contributed by atoms with E-state index in [1.807, 2.05) is 6.07 Å². The van der Waals surface area contributed by atoms with Gasteiger partial charge in [0.05, 0.1) is 7.11 Å². The molecule has 0 bridgehead atoms. The molecule has 0 saturated heterocycles. The molecule has 2 aromatic rings. The van der Waals surface area contributed by atoms with E-state index in [4.69, 9.17) is 10.5 Å².